The van der Waals surface area contributed by atoms with Gasteiger partial charge in [0.1, 0.15) is 6.29 Å². The first kappa shape index (κ1) is 9.52. The van der Waals surface area contributed by atoms with Crippen LogP contribution in [0, 0.1) is 6.92 Å². The second-order valence-electron chi connectivity index (χ2n) is 2.89. The topological polar surface area (TPSA) is 37.3 Å². The number of benzene rings is 1. The molecule has 0 atom stereocenters. The van der Waals surface area contributed by atoms with Gasteiger partial charge in [-0.05, 0) is 12.5 Å². The maximum atomic E-state index is 10.3. The lowest BCUT2D eigenvalue weighted by Crippen LogP contribution is -1.86. The number of aliphatic hydroxyl groups excluding tert-OH is 1. The Kier molecular flexibility index (Phi) is 3.26. The average Bonchev–Trinajstić information content (AvgIpc) is 2.16. The molecule has 0 aromatic heterocycles. The molecule has 0 aliphatic carbocycles. The number of hydrogen-bond donors (Lipinski definition) is 1. The molecule has 0 amide bonds. The van der Waals surface area contributed by atoms with Crippen molar-refractivity contribution in [2.24, 2.45) is 0 Å². The molecule has 68 valence electrons. The molecule has 0 spiro atoms. The first-order valence-corrected chi connectivity index (χ1v) is 4.12. The predicted molar refractivity (Wildman–Crippen MR) is 52.5 cm³/mol. The van der Waals surface area contributed by atoms with Gasteiger partial charge in [-0.2, -0.15) is 0 Å². The third kappa shape index (κ3) is 2.44. The van der Waals surface area contributed by atoms with Crippen LogP contribution in [0.25, 0.3) is 5.57 Å². The monoisotopic (exact) mass is 176 g/mol. The van der Waals surface area contributed by atoms with E-state index in [9.17, 15) is 4.79 Å². The summed E-state index contributed by atoms with van der Waals surface area (Å²) in [6, 6.07) is 7.68. The number of carbonyl (C=O) groups excluding carboxylic acids is 1. The normalized spacial score (nSPS) is 11.3. The van der Waals surface area contributed by atoms with E-state index in [1.807, 2.05) is 31.2 Å². The minimum absolute atomic E-state index is 0.250. The van der Waals surface area contributed by atoms with Crippen molar-refractivity contribution in [1.82, 2.24) is 0 Å². The van der Waals surface area contributed by atoms with E-state index in [1.165, 1.54) is 0 Å². The molecule has 0 bridgehead atoms. The molecule has 1 rings (SSSR count). The quantitative estimate of drug-likeness (QED) is 0.567. The van der Waals surface area contributed by atoms with Gasteiger partial charge in [0.05, 0.1) is 6.26 Å². The van der Waals surface area contributed by atoms with Gasteiger partial charge < -0.3 is 9.90 Å². The molecular formula is C11H12O2. The number of rotatable bonds is 3. The number of allylic oxidation sites excluding steroid dienone is 1. The smallest absolute Gasteiger partial charge is 0.124 e. The van der Waals surface area contributed by atoms with Gasteiger partial charge in [0.2, 0.25) is 0 Å². The summed E-state index contributed by atoms with van der Waals surface area (Å²) >= 11 is 0. The summed E-state index contributed by atoms with van der Waals surface area (Å²) in [4.78, 5) is 10.3. The van der Waals surface area contributed by atoms with E-state index in [4.69, 9.17) is 5.11 Å². The van der Waals surface area contributed by atoms with Crippen LogP contribution in [0.2, 0.25) is 0 Å². The van der Waals surface area contributed by atoms with Crippen LogP contribution >= 0.6 is 0 Å². The van der Waals surface area contributed by atoms with E-state index in [1.54, 1.807) is 0 Å². The summed E-state index contributed by atoms with van der Waals surface area (Å²) in [5.41, 5.74) is 2.70. The zero-order valence-corrected chi connectivity index (χ0v) is 7.53. The summed E-state index contributed by atoms with van der Waals surface area (Å²) in [6.45, 7) is 1.99. The summed E-state index contributed by atoms with van der Waals surface area (Å²) in [5, 5.41) is 8.86. The molecule has 0 aliphatic rings. The van der Waals surface area contributed by atoms with Gasteiger partial charge in [-0.15, -0.1) is 0 Å². The molecular weight excluding hydrogens is 164 g/mol. The van der Waals surface area contributed by atoms with Gasteiger partial charge in [0.25, 0.3) is 0 Å². The van der Waals surface area contributed by atoms with Crippen LogP contribution in [-0.4, -0.2) is 11.4 Å². The van der Waals surface area contributed by atoms with Crippen LogP contribution in [0.3, 0.4) is 0 Å². The van der Waals surface area contributed by atoms with Crippen molar-refractivity contribution in [3.05, 3.63) is 41.7 Å². The minimum atomic E-state index is 0.250. The van der Waals surface area contributed by atoms with Crippen molar-refractivity contribution in [2.75, 3.05) is 0 Å². The zero-order valence-electron chi connectivity index (χ0n) is 7.53. The van der Waals surface area contributed by atoms with Crippen molar-refractivity contribution < 1.29 is 9.90 Å². The maximum absolute atomic E-state index is 10.3. The van der Waals surface area contributed by atoms with Crippen LogP contribution in [0.4, 0.5) is 0 Å². The highest BCUT2D eigenvalue weighted by Crippen LogP contribution is 2.16. The van der Waals surface area contributed by atoms with Gasteiger partial charge in [-0.1, -0.05) is 29.8 Å². The second kappa shape index (κ2) is 4.45. The zero-order chi connectivity index (χ0) is 9.68. The Hall–Kier alpha value is -1.57. The molecule has 0 saturated carbocycles. The lowest BCUT2D eigenvalue weighted by atomic mass is 10.0. The SMILES string of the molecule is Cc1ccc(/C(=C\O)CC=O)cc1. The highest BCUT2D eigenvalue weighted by atomic mass is 16.2. The molecule has 0 aliphatic heterocycles. The minimum Gasteiger partial charge on any atom is -0.515 e. The molecule has 0 heterocycles. The molecule has 1 aromatic rings. The van der Waals surface area contributed by atoms with Crippen LogP contribution < -0.4 is 0 Å². The van der Waals surface area contributed by atoms with E-state index in [0.717, 1.165) is 23.7 Å². The number of aryl methyl sites for hydroxylation is 1. The fourth-order valence-corrected chi connectivity index (χ4v) is 1.10. The molecule has 2 heteroatoms. The Labute approximate surface area is 77.5 Å². The Balaban J connectivity index is 2.92. The van der Waals surface area contributed by atoms with E-state index in [-0.39, 0.29) is 6.42 Å². The van der Waals surface area contributed by atoms with Crippen molar-refractivity contribution in [1.29, 1.82) is 0 Å². The molecule has 0 radical (unpaired) electrons. The van der Waals surface area contributed by atoms with Crippen LogP contribution in [0.1, 0.15) is 17.5 Å². The Morgan fingerprint density at radius 3 is 2.46 bits per heavy atom. The average molecular weight is 176 g/mol. The van der Waals surface area contributed by atoms with Crippen molar-refractivity contribution in [3.8, 4) is 0 Å². The molecule has 13 heavy (non-hydrogen) atoms. The number of hydrogen-bond acceptors (Lipinski definition) is 2. The molecule has 2 nitrogen and oxygen atoms in total. The highest BCUT2D eigenvalue weighted by Gasteiger charge is 1.99. The first-order chi connectivity index (χ1) is 6.27. The molecule has 0 fully saturated rings. The maximum Gasteiger partial charge on any atom is 0.124 e. The van der Waals surface area contributed by atoms with Crippen molar-refractivity contribution >= 4 is 11.9 Å². The van der Waals surface area contributed by atoms with Crippen molar-refractivity contribution in [2.45, 2.75) is 13.3 Å². The van der Waals surface area contributed by atoms with Gasteiger partial charge in [0.15, 0.2) is 0 Å². The summed E-state index contributed by atoms with van der Waals surface area (Å²) in [5.74, 6) is 0. The lowest BCUT2D eigenvalue weighted by molar-refractivity contribution is -0.107. The molecule has 1 N–H and O–H groups in total. The van der Waals surface area contributed by atoms with Crippen LogP contribution in [0.5, 0.6) is 0 Å². The summed E-state index contributed by atoms with van der Waals surface area (Å²) < 4.78 is 0. The molecule has 1 aromatic carbocycles. The van der Waals surface area contributed by atoms with Gasteiger partial charge in [0, 0.05) is 12.0 Å². The summed E-state index contributed by atoms with van der Waals surface area (Å²) in [7, 11) is 0. The highest BCUT2D eigenvalue weighted by molar-refractivity contribution is 5.76. The van der Waals surface area contributed by atoms with E-state index in [0.29, 0.717) is 5.57 Å². The lowest BCUT2D eigenvalue weighted by Gasteiger charge is -2.02. The fourth-order valence-electron chi connectivity index (χ4n) is 1.10. The Morgan fingerprint density at radius 1 is 1.38 bits per heavy atom. The predicted octanol–water partition coefficient (Wildman–Crippen LogP) is 2.48. The summed E-state index contributed by atoms with van der Waals surface area (Å²) in [6.07, 6.45) is 2.01. The van der Waals surface area contributed by atoms with Crippen LogP contribution in [-0.2, 0) is 4.79 Å². The third-order valence-corrected chi connectivity index (χ3v) is 1.88. The standard InChI is InChI=1S/C11H12O2/c1-9-2-4-10(5-3-9)11(8-13)6-7-12/h2-5,7-8,13H,6H2,1H3/b11-8-. The van der Waals surface area contributed by atoms with Gasteiger partial charge in [-0.3, -0.25) is 0 Å². The third-order valence-electron chi connectivity index (χ3n) is 1.88. The van der Waals surface area contributed by atoms with E-state index < -0.39 is 0 Å². The first-order valence-electron chi connectivity index (χ1n) is 4.12. The van der Waals surface area contributed by atoms with E-state index >= 15 is 0 Å². The number of carbonyl (C=O) groups is 1. The number of aldehydes is 1. The Bertz CT molecular complexity index is 309. The second-order valence-corrected chi connectivity index (χ2v) is 2.89. The van der Waals surface area contributed by atoms with E-state index in [2.05, 4.69) is 0 Å². The Morgan fingerprint density at radius 2 is 2.00 bits per heavy atom. The van der Waals surface area contributed by atoms with Crippen molar-refractivity contribution in [3.63, 3.8) is 0 Å². The molecule has 0 unspecified atom stereocenters. The number of aliphatic hydroxyl groups is 1. The molecule has 0 saturated heterocycles. The van der Waals surface area contributed by atoms with Crippen LogP contribution in [0.15, 0.2) is 30.5 Å². The van der Waals surface area contributed by atoms with Gasteiger partial charge in [-0.25, -0.2) is 0 Å². The largest absolute Gasteiger partial charge is 0.515 e. The fraction of sp³-hybridized carbons (Fsp3) is 0.182. The van der Waals surface area contributed by atoms with Gasteiger partial charge >= 0.3 is 0 Å².